The third-order valence-corrected chi connectivity index (χ3v) is 2.33. The lowest BCUT2D eigenvalue weighted by Gasteiger charge is -2.23. The number of carbonyl (C=O) groups is 1. The van der Waals surface area contributed by atoms with Crippen LogP contribution in [0.15, 0.2) is 18.2 Å². The van der Waals surface area contributed by atoms with E-state index in [2.05, 4.69) is 5.32 Å². The van der Waals surface area contributed by atoms with Crippen LogP contribution in [0.25, 0.3) is 0 Å². The van der Waals surface area contributed by atoms with Crippen molar-refractivity contribution in [2.24, 2.45) is 0 Å². The zero-order chi connectivity index (χ0) is 12.3. The molecule has 0 bridgehead atoms. The minimum absolute atomic E-state index is 0.0798. The molecular weight excluding hydrogens is 202 g/mol. The zero-order valence-corrected chi connectivity index (χ0v) is 10.3. The number of aliphatic hydroxyl groups is 1. The number of rotatable bonds is 3. The molecule has 3 nitrogen and oxygen atoms in total. The average molecular weight is 221 g/mol. The summed E-state index contributed by atoms with van der Waals surface area (Å²) in [5.74, 6) is -0.147. The van der Waals surface area contributed by atoms with Gasteiger partial charge in [-0.3, -0.25) is 4.79 Å². The lowest BCUT2D eigenvalue weighted by atomic mass is 10.0. The minimum atomic E-state index is -0.589. The van der Waals surface area contributed by atoms with E-state index >= 15 is 0 Å². The molecule has 0 spiro atoms. The van der Waals surface area contributed by atoms with Crippen LogP contribution in [-0.4, -0.2) is 23.2 Å². The van der Waals surface area contributed by atoms with Gasteiger partial charge in [-0.2, -0.15) is 0 Å². The second-order valence-electron chi connectivity index (χ2n) is 4.87. The van der Waals surface area contributed by atoms with Gasteiger partial charge in [0, 0.05) is 5.56 Å². The molecule has 88 valence electrons. The third-order valence-electron chi connectivity index (χ3n) is 2.33. The summed E-state index contributed by atoms with van der Waals surface area (Å²) in [6.45, 7) is 7.41. The molecule has 1 aromatic carbocycles. The molecule has 2 N–H and O–H groups in total. The first kappa shape index (κ1) is 12.7. The fourth-order valence-electron chi connectivity index (χ4n) is 1.52. The van der Waals surface area contributed by atoms with Crippen LogP contribution in [-0.2, 0) is 0 Å². The Hall–Kier alpha value is -1.35. The van der Waals surface area contributed by atoms with Crippen molar-refractivity contribution < 1.29 is 9.90 Å². The van der Waals surface area contributed by atoms with Gasteiger partial charge in [0.05, 0.1) is 12.1 Å². The lowest BCUT2D eigenvalue weighted by Crippen LogP contribution is -2.46. The highest BCUT2D eigenvalue weighted by Crippen LogP contribution is 2.10. The van der Waals surface area contributed by atoms with Crippen molar-refractivity contribution in [2.75, 3.05) is 6.61 Å². The summed E-state index contributed by atoms with van der Waals surface area (Å²) < 4.78 is 0. The fourth-order valence-corrected chi connectivity index (χ4v) is 1.52. The topological polar surface area (TPSA) is 49.3 Å². The number of nitrogens with one attached hydrogen (secondary N) is 1. The van der Waals surface area contributed by atoms with Gasteiger partial charge in [0.25, 0.3) is 5.91 Å². The van der Waals surface area contributed by atoms with Crippen molar-refractivity contribution in [2.45, 2.75) is 33.2 Å². The molecule has 0 atom stereocenters. The van der Waals surface area contributed by atoms with E-state index in [0.717, 1.165) is 11.1 Å². The maximum absolute atomic E-state index is 11.9. The summed E-state index contributed by atoms with van der Waals surface area (Å²) in [6, 6.07) is 5.71. The molecule has 0 radical (unpaired) electrons. The van der Waals surface area contributed by atoms with Gasteiger partial charge in [-0.1, -0.05) is 17.2 Å². The molecule has 16 heavy (non-hydrogen) atoms. The van der Waals surface area contributed by atoms with Gasteiger partial charge in [-0.25, -0.2) is 0 Å². The molecule has 1 amide bonds. The summed E-state index contributed by atoms with van der Waals surface area (Å²) in [5, 5.41) is 11.9. The first-order valence-corrected chi connectivity index (χ1v) is 5.36. The monoisotopic (exact) mass is 221 g/mol. The van der Waals surface area contributed by atoms with Gasteiger partial charge in [0.15, 0.2) is 0 Å². The molecule has 0 aliphatic carbocycles. The normalized spacial score (nSPS) is 11.3. The quantitative estimate of drug-likeness (QED) is 0.817. The number of aryl methyl sites for hydroxylation is 2. The van der Waals surface area contributed by atoms with Gasteiger partial charge in [0.1, 0.15) is 0 Å². The number of benzene rings is 1. The van der Waals surface area contributed by atoms with Gasteiger partial charge < -0.3 is 10.4 Å². The molecule has 1 rings (SSSR count). The number of carbonyl (C=O) groups excluding carboxylic acids is 1. The van der Waals surface area contributed by atoms with Crippen molar-refractivity contribution >= 4 is 5.91 Å². The van der Waals surface area contributed by atoms with Crippen molar-refractivity contribution in [1.29, 1.82) is 0 Å². The number of hydrogen-bond donors (Lipinski definition) is 2. The molecule has 0 aromatic heterocycles. The van der Waals surface area contributed by atoms with Gasteiger partial charge in [-0.05, 0) is 39.8 Å². The van der Waals surface area contributed by atoms with Crippen LogP contribution >= 0.6 is 0 Å². The van der Waals surface area contributed by atoms with Gasteiger partial charge in [-0.15, -0.1) is 0 Å². The van der Waals surface area contributed by atoms with Crippen molar-refractivity contribution in [3.05, 3.63) is 34.9 Å². The summed E-state index contributed by atoms with van der Waals surface area (Å²) in [4.78, 5) is 11.9. The predicted octanol–water partition coefficient (Wildman–Crippen LogP) is 1.80. The summed E-state index contributed by atoms with van der Waals surface area (Å²) in [7, 11) is 0. The Morgan fingerprint density at radius 2 is 1.75 bits per heavy atom. The number of aliphatic hydroxyl groups excluding tert-OH is 1. The van der Waals surface area contributed by atoms with Crippen molar-refractivity contribution in [1.82, 2.24) is 5.32 Å². The highest BCUT2D eigenvalue weighted by Gasteiger charge is 2.20. The Kier molecular flexibility index (Phi) is 3.70. The fraction of sp³-hybridized carbons (Fsp3) is 0.462. The van der Waals surface area contributed by atoms with Crippen LogP contribution in [0.1, 0.15) is 35.3 Å². The molecule has 0 aliphatic heterocycles. The minimum Gasteiger partial charge on any atom is -0.394 e. The standard InChI is InChI=1S/C13H19NO2/c1-9-5-10(2)7-11(6-9)12(16)14-13(3,4)8-15/h5-7,15H,8H2,1-4H3,(H,14,16). The van der Waals surface area contributed by atoms with E-state index in [1.807, 2.05) is 32.0 Å². The highest BCUT2D eigenvalue weighted by molar-refractivity contribution is 5.95. The van der Waals surface area contributed by atoms with E-state index < -0.39 is 5.54 Å². The van der Waals surface area contributed by atoms with Gasteiger partial charge >= 0.3 is 0 Å². The number of amides is 1. The van der Waals surface area contributed by atoms with E-state index in [-0.39, 0.29) is 12.5 Å². The lowest BCUT2D eigenvalue weighted by molar-refractivity contribution is 0.0869. The Balaban J connectivity index is 2.89. The SMILES string of the molecule is Cc1cc(C)cc(C(=O)NC(C)(C)CO)c1. The van der Waals surface area contributed by atoms with Crippen molar-refractivity contribution in [3.8, 4) is 0 Å². The Bertz CT molecular complexity index is 377. The van der Waals surface area contributed by atoms with E-state index in [1.54, 1.807) is 13.8 Å². The Morgan fingerprint density at radius 1 is 1.25 bits per heavy atom. The highest BCUT2D eigenvalue weighted by atomic mass is 16.3. The van der Waals surface area contributed by atoms with E-state index in [4.69, 9.17) is 5.11 Å². The molecule has 0 saturated carbocycles. The van der Waals surface area contributed by atoms with Crippen LogP contribution in [0.5, 0.6) is 0 Å². The summed E-state index contributed by atoms with van der Waals surface area (Å²) >= 11 is 0. The Morgan fingerprint density at radius 3 is 2.19 bits per heavy atom. The molecule has 0 aliphatic rings. The summed E-state index contributed by atoms with van der Waals surface area (Å²) in [6.07, 6.45) is 0. The second-order valence-corrected chi connectivity index (χ2v) is 4.87. The largest absolute Gasteiger partial charge is 0.394 e. The molecule has 1 aromatic rings. The van der Waals surface area contributed by atoms with Crippen LogP contribution in [0.4, 0.5) is 0 Å². The molecule has 0 unspecified atom stereocenters. The predicted molar refractivity (Wildman–Crippen MR) is 64.5 cm³/mol. The van der Waals surface area contributed by atoms with Crippen LogP contribution in [0, 0.1) is 13.8 Å². The Labute approximate surface area is 96.5 Å². The molecule has 0 saturated heterocycles. The smallest absolute Gasteiger partial charge is 0.251 e. The average Bonchev–Trinajstić information content (AvgIpc) is 2.15. The first-order chi connectivity index (χ1) is 7.34. The third kappa shape index (κ3) is 3.35. The zero-order valence-electron chi connectivity index (χ0n) is 10.3. The molecule has 0 heterocycles. The molecule has 3 heteroatoms. The number of hydrogen-bond acceptors (Lipinski definition) is 2. The van der Waals surface area contributed by atoms with E-state index in [9.17, 15) is 4.79 Å². The van der Waals surface area contributed by atoms with Crippen LogP contribution in [0.3, 0.4) is 0 Å². The van der Waals surface area contributed by atoms with Crippen molar-refractivity contribution in [3.63, 3.8) is 0 Å². The first-order valence-electron chi connectivity index (χ1n) is 5.36. The van der Waals surface area contributed by atoms with Crippen LogP contribution < -0.4 is 5.32 Å². The maximum atomic E-state index is 11.9. The summed E-state index contributed by atoms with van der Waals surface area (Å²) in [5.41, 5.74) is 2.17. The van der Waals surface area contributed by atoms with Crippen LogP contribution in [0.2, 0.25) is 0 Å². The second kappa shape index (κ2) is 4.66. The molecular formula is C13H19NO2. The van der Waals surface area contributed by atoms with E-state index in [0.29, 0.717) is 5.56 Å². The van der Waals surface area contributed by atoms with Gasteiger partial charge in [0.2, 0.25) is 0 Å². The maximum Gasteiger partial charge on any atom is 0.251 e. The molecule has 0 fully saturated rings. The van der Waals surface area contributed by atoms with E-state index in [1.165, 1.54) is 0 Å².